The molecule has 0 amide bonds. The molecule has 6 nitrogen and oxygen atoms in total. The zero-order valence-electron chi connectivity index (χ0n) is 10.9. The van der Waals surface area contributed by atoms with Crippen molar-refractivity contribution in [1.82, 2.24) is 4.98 Å². The Morgan fingerprint density at radius 2 is 1.95 bits per heavy atom. The minimum Gasteiger partial charge on any atom is -0.486 e. The van der Waals surface area contributed by atoms with Gasteiger partial charge in [-0.2, -0.15) is 0 Å². The molecule has 2 aromatic rings. The van der Waals surface area contributed by atoms with Gasteiger partial charge in [-0.15, -0.1) is 0 Å². The van der Waals surface area contributed by atoms with Crippen molar-refractivity contribution in [2.45, 2.75) is 9.92 Å². The van der Waals surface area contributed by atoms with Gasteiger partial charge in [0.1, 0.15) is 23.9 Å². The number of fused-ring (bicyclic) bond motifs is 1. The summed E-state index contributed by atoms with van der Waals surface area (Å²) in [6.45, 7) is 1.05. The van der Waals surface area contributed by atoms with E-state index in [0.717, 1.165) is 4.90 Å². The molecule has 0 spiro atoms. The maximum absolute atomic E-state index is 11.0. The van der Waals surface area contributed by atoms with Crippen LogP contribution in [0, 0.1) is 0 Å². The van der Waals surface area contributed by atoms with E-state index in [4.69, 9.17) is 20.3 Å². The summed E-state index contributed by atoms with van der Waals surface area (Å²) < 4.78 is 11.0. The van der Waals surface area contributed by atoms with Gasteiger partial charge in [0.25, 0.3) is 0 Å². The minimum atomic E-state index is -1.08. The summed E-state index contributed by atoms with van der Waals surface area (Å²) in [7, 11) is 0. The van der Waals surface area contributed by atoms with Crippen molar-refractivity contribution in [3.05, 3.63) is 36.0 Å². The van der Waals surface area contributed by atoms with E-state index in [0.29, 0.717) is 35.4 Å². The second-order valence-electron chi connectivity index (χ2n) is 4.30. The molecular formula is C14H12N2O4S. The molecule has 1 aromatic carbocycles. The van der Waals surface area contributed by atoms with Gasteiger partial charge in [0.05, 0.1) is 5.69 Å². The summed E-state index contributed by atoms with van der Waals surface area (Å²) in [6.07, 6.45) is 0. The van der Waals surface area contributed by atoms with Crippen molar-refractivity contribution in [2.24, 2.45) is 0 Å². The molecule has 3 N–H and O–H groups in total. The summed E-state index contributed by atoms with van der Waals surface area (Å²) in [5.41, 5.74) is 6.24. The zero-order valence-corrected chi connectivity index (χ0v) is 11.7. The number of aromatic carboxylic acids is 1. The highest BCUT2D eigenvalue weighted by Crippen LogP contribution is 2.37. The summed E-state index contributed by atoms with van der Waals surface area (Å²) in [5, 5.41) is 9.43. The molecule has 0 bridgehead atoms. The van der Waals surface area contributed by atoms with Crippen LogP contribution in [0.5, 0.6) is 11.5 Å². The fourth-order valence-electron chi connectivity index (χ4n) is 1.85. The Morgan fingerprint density at radius 1 is 1.19 bits per heavy atom. The van der Waals surface area contributed by atoms with Gasteiger partial charge in [-0.25, -0.2) is 9.78 Å². The number of anilines is 1. The van der Waals surface area contributed by atoms with E-state index >= 15 is 0 Å². The fraction of sp³-hybridized carbons (Fsp3) is 0.143. The highest BCUT2D eigenvalue weighted by Gasteiger charge is 2.14. The van der Waals surface area contributed by atoms with Gasteiger partial charge in [0, 0.05) is 4.90 Å². The third-order valence-electron chi connectivity index (χ3n) is 2.84. The lowest BCUT2D eigenvalue weighted by Crippen LogP contribution is -2.15. The van der Waals surface area contributed by atoms with E-state index in [1.807, 2.05) is 18.2 Å². The molecule has 7 heteroatoms. The number of ether oxygens (including phenoxy) is 2. The first-order valence-electron chi connectivity index (χ1n) is 6.21. The molecule has 0 radical (unpaired) electrons. The normalized spacial score (nSPS) is 13.0. The first-order chi connectivity index (χ1) is 10.1. The van der Waals surface area contributed by atoms with Crippen LogP contribution in [0.25, 0.3) is 0 Å². The second-order valence-corrected chi connectivity index (χ2v) is 5.37. The number of aromatic nitrogens is 1. The molecule has 1 aliphatic rings. The van der Waals surface area contributed by atoms with Gasteiger partial charge >= 0.3 is 5.97 Å². The molecule has 2 heterocycles. The van der Waals surface area contributed by atoms with Gasteiger partial charge in [-0.3, -0.25) is 0 Å². The number of carboxylic acids is 1. The van der Waals surface area contributed by atoms with E-state index in [1.54, 1.807) is 0 Å². The fourth-order valence-corrected chi connectivity index (χ4v) is 2.71. The first-order valence-corrected chi connectivity index (χ1v) is 7.02. The van der Waals surface area contributed by atoms with Gasteiger partial charge in [-0.1, -0.05) is 11.8 Å². The monoisotopic (exact) mass is 304 g/mol. The number of hydrogen-bond acceptors (Lipinski definition) is 6. The third kappa shape index (κ3) is 2.87. The third-order valence-corrected chi connectivity index (χ3v) is 3.85. The zero-order chi connectivity index (χ0) is 14.8. The molecule has 0 saturated heterocycles. The minimum absolute atomic E-state index is 0.0377. The van der Waals surface area contributed by atoms with Crippen LogP contribution in [0.2, 0.25) is 0 Å². The first kappa shape index (κ1) is 13.6. The Hall–Kier alpha value is -2.41. The summed E-state index contributed by atoms with van der Waals surface area (Å²) in [4.78, 5) is 15.9. The summed E-state index contributed by atoms with van der Waals surface area (Å²) in [5.74, 6) is 0.282. The van der Waals surface area contributed by atoms with E-state index in [-0.39, 0.29) is 5.69 Å². The number of benzene rings is 1. The van der Waals surface area contributed by atoms with Crippen LogP contribution in [-0.4, -0.2) is 29.3 Å². The summed E-state index contributed by atoms with van der Waals surface area (Å²) in [6, 6.07) is 8.41. The average molecular weight is 304 g/mol. The van der Waals surface area contributed by atoms with Gasteiger partial charge in [0.2, 0.25) is 0 Å². The van der Waals surface area contributed by atoms with Crippen LogP contribution < -0.4 is 15.2 Å². The number of hydrogen-bond donors (Lipinski definition) is 2. The Bertz CT molecular complexity index is 705. The standard InChI is InChI=1S/C14H12N2O4S/c15-9-2-3-10(14(17)18)16-13(9)21-8-1-4-11-12(7-8)20-6-5-19-11/h1-4,7H,5-6,15H2,(H,17,18). The van der Waals surface area contributed by atoms with Crippen LogP contribution >= 0.6 is 11.8 Å². The molecule has 0 aliphatic carbocycles. The van der Waals surface area contributed by atoms with Crippen molar-refractivity contribution in [3.63, 3.8) is 0 Å². The van der Waals surface area contributed by atoms with Crippen LogP contribution in [0.4, 0.5) is 5.69 Å². The lowest BCUT2D eigenvalue weighted by molar-refractivity contribution is 0.0690. The maximum atomic E-state index is 11.0. The largest absolute Gasteiger partial charge is 0.486 e. The van der Waals surface area contributed by atoms with Crippen LogP contribution in [0.3, 0.4) is 0 Å². The van der Waals surface area contributed by atoms with Gasteiger partial charge < -0.3 is 20.3 Å². The van der Waals surface area contributed by atoms with Crippen LogP contribution in [-0.2, 0) is 0 Å². The predicted octanol–water partition coefficient (Wildman–Crippen LogP) is 2.28. The number of nitrogen functional groups attached to an aromatic ring is 1. The highest BCUT2D eigenvalue weighted by atomic mass is 32.2. The lowest BCUT2D eigenvalue weighted by Gasteiger charge is -2.18. The topological polar surface area (TPSA) is 94.7 Å². The molecule has 0 saturated carbocycles. The van der Waals surface area contributed by atoms with Crippen molar-refractivity contribution >= 4 is 23.4 Å². The van der Waals surface area contributed by atoms with Crippen LogP contribution in [0.15, 0.2) is 40.3 Å². The predicted molar refractivity (Wildman–Crippen MR) is 77.2 cm³/mol. The van der Waals surface area contributed by atoms with Crippen molar-refractivity contribution in [2.75, 3.05) is 18.9 Å². The molecule has 21 heavy (non-hydrogen) atoms. The molecule has 1 aromatic heterocycles. The highest BCUT2D eigenvalue weighted by molar-refractivity contribution is 7.99. The maximum Gasteiger partial charge on any atom is 0.354 e. The molecule has 108 valence electrons. The number of pyridine rings is 1. The Labute approximate surface area is 124 Å². The van der Waals surface area contributed by atoms with Gasteiger partial charge in [-0.05, 0) is 30.3 Å². The molecule has 3 rings (SSSR count). The van der Waals surface area contributed by atoms with Gasteiger partial charge in [0.15, 0.2) is 11.5 Å². The Balaban J connectivity index is 1.89. The molecule has 1 aliphatic heterocycles. The van der Waals surface area contributed by atoms with E-state index in [1.165, 1.54) is 23.9 Å². The van der Waals surface area contributed by atoms with Crippen molar-refractivity contribution in [1.29, 1.82) is 0 Å². The quantitative estimate of drug-likeness (QED) is 0.898. The second kappa shape index (κ2) is 5.53. The number of carboxylic acid groups (broad SMARTS) is 1. The van der Waals surface area contributed by atoms with E-state index in [9.17, 15) is 4.79 Å². The smallest absolute Gasteiger partial charge is 0.354 e. The summed E-state index contributed by atoms with van der Waals surface area (Å²) >= 11 is 1.28. The lowest BCUT2D eigenvalue weighted by atomic mass is 10.3. The Morgan fingerprint density at radius 3 is 2.71 bits per heavy atom. The van der Waals surface area contributed by atoms with E-state index < -0.39 is 5.97 Å². The number of nitrogens with two attached hydrogens (primary N) is 1. The Kier molecular flexibility index (Phi) is 3.57. The number of rotatable bonds is 3. The molecule has 0 atom stereocenters. The van der Waals surface area contributed by atoms with Crippen LogP contribution in [0.1, 0.15) is 10.5 Å². The SMILES string of the molecule is Nc1ccc(C(=O)O)nc1Sc1ccc2c(c1)OCCO2. The molecule has 0 fully saturated rings. The molecular weight excluding hydrogens is 292 g/mol. The van der Waals surface area contributed by atoms with E-state index in [2.05, 4.69) is 4.98 Å². The van der Waals surface area contributed by atoms with Crippen molar-refractivity contribution in [3.8, 4) is 11.5 Å². The number of carbonyl (C=O) groups is 1. The van der Waals surface area contributed by atoms with Crippen molar-refractivity contribution < 1.29 is 19.4 Å². The molecule has 0 unspecified atom stereocenters. The number of nitrogens with zero attached hydrogens (tertiary/aromatic N) is 1. The average Bonchev–Trinajstić information content (AvgIpc) is 2.49.